The molecule has 24 heavy (non-hydrogen) atoms. The van der Waals surface area contributed by atoms with Crippen molar-refractivity contribution in [3.05, 3.63) is 41.7 Å². The highest BCUT2D eigenvalue weighted by molar-refractivity contribution is 5.89. The van der Waals surface area contributed by atoms with Crippen LogP contribution in [-0.4, -0.2) is 24.7 Å². The van der Waals surface area contributed by atoms with E-state index in [1.165, 1.54) is 6.07 Å². The largest absolute Gasteiger partial charge is 0.451 e. The summed E-state index contributed by atoms with van der Waals surface area (Å²) in [6, 6.07) is 6.60. The minimum absolute atomic E-state index is 0.142. The monoisotopic (exact) mass is 334 g/mol. The van der Waals surface area contributed by atoms with Gasteiger partial charge in [-0.05, 0) is 18.6 Å². The minimum atomic E-state index is -4.60. The molecule has 1 aliphatic rings. The van der Waals surface area contributed by atoms with Crippen LogP contribution in [0.25, 0.3) is 10.9 Å². The van der Waals surface area contributed by atoms with Crippen LogP contribution >= 0.6 is 0 Å². The van der Waals surface area contributed by atoms with Crippen LogP contribution in [0.3, 0.4) is 0 Å². The van der Waals surface area contributed by atoms with Crippen LogP contribution in [0.15, 0.2) is 24.3 Å². The van der Waals surface area contributed by atoms with Gasteiger partial charge < -0.3 is 9.88 Å². The standard InChI is InChI=1S/C15H13F3N6/c16-15(17,18)14-20-10-5-2-1-4-9(10)13(21-14)19-8-12-23-22-11-6-3-7-24(11)12/h1-2,4-5H,3,6-8H2,(H,19,20,21). The number of benzene rings is 1. The molecule has 0 spiro atoms. The Bertz CT molecular complexity index is 902. The van der Waals surface area contributed by atoms with E-state index >= 15 is 0 Å². The lowest BCUT2D eigenvalue weighted by Gasteiger charge is -2.12. The molecule has 0 atom stereocenters. The van der Waals surface area contributed by atoms with Gasteiger partial charge in [-0.1, -0.05) is 12.1 Å². The smallest absolute Gasteiger partial charge is 0.362 e. The number of halogens is 3. The van der Waals surface area contributed by atoms with Crippen LogP contribution in [0.4, 0.5) is 19.0 Å². The zero-order valence-electron chi connectivity index (χ0n) is 12.5. The molecule has 3 heterocycles. The summed E-state index contributed by atoms with van der Waals surface area (Å²) in [5, 5.41) is 11.7. The maximum Gasteiger partial charge on any atom is 0.451 e. The number of nitrogens with zero attached hydrogens (tertiary/aromatic N) is 5. The molecule has 0 saturated carbocycles. The van der Waals surface area contributed by atoms with Gasteiger partial charge in [-0.2, -0.15) is 13.2 Å². The van der Waals surface area contributed by atoms with Crippen molar-refractivity contribution < 1.29 is 13.2 Å². The summed E-state index contributed by atoms with van der Waals surface area (Å²) in [5.74, 6) is 0.590. The summed E-state index contributed by atoms with van der Waals surface area (Å²) >= 11 is 0. The second-order valence-corrected chi connectivity index (χ2v) is 5.55. The highest BCUT2D eigenvalue weighted by Gasteiger charge is 2.35. The molecule has 0 amide bonds. The first-order valence-electron chi connectivity index (χ1n) is 7.51. The highest BCUT2D eigenvalue weighted by atomic mass is 19.4. The topological polar surface area (TPSA) is 68.5 Å². The lowest BCUT2D eigenvalue weighted by Crippen LogP contribution is -2.14. The Labute approximate surface area is 134 Å². The number of fused-ring (bicyclic) bond motifs is 2. The van der Waals surface area contributed by atoms with Crippen molar-refractivity contribution in [1.82, 2.24) is 24.7 Å². The molecule has 4 rings (SSSR count). The lowest BCUT2D eigenvalue weighted by atomic mass is 10.2. The Morgan fingerprint density at radius 2 is 1.96 bits per heavy atom. The summed E-state index contributed by atoms with van der Waals surface area (Å²) in [4.78, 5) is 7.26. The maximum atomic E-state index is 13.0. The van der Waals surface area contributed by atoms with Gasteiger partial charge >= 0.3 is 6.18 Å². The molecule has 0 bridgehead atoms. The predicted octanol–water partition coefficient (Wildman–Crippen LogP) is 2.80. The molecular weight excluding hydrogens is 321 g/mol. The molecule has 6 nitrogen and oxygen atoms in total. The minimum Gasteiger partial charge on any atom is -0.362 e. The first-order chi connectivity index (χ1) is 11.5. The number of para-hydroxylation sites is 1. The number of aromatic nitrogens is 5. The van der Waals surface area contributed by atoms with Crippen LogP contribution in [0.1, 0.15) is 23.9 Å². The van der Waals surface area contributed by atoms with Gasteiger partial charge in [0.05, 0.1) is 12.1 Å². The fourth-order valence-electron chi connectivity index (χ4n) is 2.84. The molecule has 0 saturated heterocycles. The predicted molar refractivity (Wildman–Crippen MR) is 80.2 cm³/mol. The van der Waals surface area contributed by atoms with Crippen molar-refractivity contribution in [2.45, 2.75) is 32.1 Å². The van der Waals surface area contributed by atoms with Gasteiger partial charge in [-0.25, -0.2) is 9.97 Å². The maximum absolute atomic E-state index is 13.0. The zero-order chi connectivity index (χ0) is 16.7. The summed E-state index contributed by atoms with van der Waals surface area (Å²) in [6.45, 7) is 1.09. The van der Waals surface area contributed by atoms with Gasteiger partial charge in [0.1, 0.15) is 11.6 Å². The second kappa shape index (κ2) is 5.43. The third-order valence-corrected chi connectivity index (χ3v) is 3.96. The molecule has 9 heteroatoms. The van der Waals surface area contributed by atoms with Gasteiger partial charge in [0, 0.05) is 18.4 Å². The molecule has 3 aromatic rings. The van der Waals surface area contributed by atoms with Crippen molar-refractivity contribution in [2.75, 3.05) is 5.32 Å². The van der Waals surface area contributed by atoms with E-state index in [0.29, 0.717) is 11.2 Å². The van der Waals surface area contributed by atoms with Crippen LogP contribution < -0.4 is 5.32 Å². The third kappa shape index (κ3) is 2.55. The molecule has 0 radical (unpaired) electrons. The summed E-state index contributed by atoms with van der Waals surface area (Å²) in [6.07, 6.45) is -2.72. The van der Waals surface area contributed by atoms with Crippen LogP contribution in [-0.2, 0) is 25.7 Å². The third-order valence-electron chi connectivity index (χ3n) is 3.96. The Morgan fingerprint density at radius 3 is 2.79 bits per heavy atom. The Hall–Kier alpha value is -2.71. The highest BCUT2D eigenvalue weighted by Crippen LogP contribution is 2.30. The molecule has 1 aliphatic heterocycles. The van der Waals surface area contributed by atoms with Crippen LogP contribution in [0.2, 0.25) is 0 Å². The molecule has 2 aromatic heterocycles. The number of anilines is 1. The van der Waals surface area contributed by atoms with E-state index in [1.54, 1.807) is 18.2 Å². The van der Waals surface area contributed by atoms with E-state index in [4.69, 9.17) is 0 Å². The fourth-order valence-corrected chi connectivity index (χ4v) is 2.84. The van der Waals surface area contributed by atoms with E-state index < -0.39 is 12.0 Å². The normalized spacial score (nSPS) is 14.1. The van der Waals surface area contributed by atoms with Crippen molar-refractivity contribution >= 4 is 16.7 Å². The fraction of sp³-hybridized carbons (Fsp3) is 0.333. The quantitative estimate of drug-likeness (QED) is 0.798. The SMILES string of the molecule is FC(F)(F)c1nc(NCc2nnc3n2CCC3)c2ccccc2n1. The van der Waals surface area contributed by atoms with Crippen molar-refractivity contribution in [2.24, 2.45) is 0 Å². The molecular formula is C15H13F3N6. The van der Waals surface area contributed by atoms with E-state index in [0.717, 1.165) is 25.2 Å². The number of nitrogens with one attached hydrogen (secondary N) is 1. The first-order valence-corrected chi connectivity index (χ1v) is 7.51. The first kappa shape index (κ1) is 14.9. The number of alkyl halides is 3. The molecule has 0 aliphatic carbocycles. The van der Waals surface area contributed by atoms with Crippen molar-refractivity contribution in [3.63, 3.8) is 0 Å². The van der Waals surface area contributed by atoms with E-state index in [1.807, 2.05) is 4.57 Å². The average Bonchev–Trinajstić information content (AvgIpc) is 3.15. The lowest BCUT2D eigenvalue weighted by molar-refractivity contribution is -0.144. The summed E-state index contributed by atoms with van der Waals surface area (Å²) < 4.78 is 41.0. The number of aryl methyl sites for hydroxylation is 1. The van der Waals surface area contributed by atoms with Crippen molar-refractivity contribution in [1.29, 1.82) is 0 Å². The van der Waals surface area contributed by atoms with Gasteiger partial charge in [0.2, 0.25) is 5.82 Å². The van der Waals surface area contributed by atoms with Crippen molar-refractivity contribution in [3.8, 4) is 0 Å². The van der Waals surface area contributed by atoms with Gasteiger partial charge in [-0.3, -0.25) is 0 Å². The molecule has 124 valence electrons. The molecule has 0 unspecified atom stereocenters. The molecule has 1 N–H and O–H groups in total. The second-order valence-electron chi connectivity index (χ2n) is 5.55. The Kier molecular flexibility index (Phi) is 3.36. The van der Waals surface area contributed by atoms with E-state index in [2.05, 4.69) is 25.5 Å². The van der Waals surface area contributed by atoms with Gasteiger partial charge in [0.25, 0.3) is 0 Å². The van der Waals surface area contributed by atoms with Crippen LogP contribution in [0, 0.1) is 0 Å². The number of hydrogen-bond donors (Lipinski definition) is 1. The molecule has 1 aromatic carbocycles. The van der Waals surface area contributed by atoms with Crippen LogP contribution in [0.5, 0.6) is 0 Å². The number of hydrogen-bond acceptors (Lipinski definition) is 5. The number of rotatable bonds is 3. The Morgan fingerprint density at radius 1 is 1.12 bits per heavy atom. The average molecular weight is 334 g/mol. The summed E-state index contributed by atoms with van der Waals surface area (Å²) in [7, 11) is 0. The van der Waals surface area contributed by atoms with Gasteiger partial charge in [0.15, 0.2) is 5.82 Å². The molecule has 0 fully saturated rings. The summed E-state index contributed by atoms with van der Waals surface area (Å²) in [5.41, 5.74) is 0.244. The Balaban J connectivity index is 1.69. The van der Waals surface area contributed by atoms with E-state index in [9.17, 15) is 13.2 Å². The van der Waals surface area contributed by atoms with Gasteiger partial charge in [-0.15, -0.1) is 10.2 Å². The van der Waals surface area contributed by atoms with E-state index in [-0.39, 0.29) is 17.9 Å². The zero-order valence-corrected chi connectivity index (χ0v) is 12.5.